The van der Waals surface area contributed by atoms with Crippen LogP contribution < -0.4 is 5.32 Å². The van der Waals surface area contributed by atoms with E-state index in [1.54, 1.807) is 29.2 Å². The number of hydrogen-bond acceptors (Lipinski definition) is 6. The first-order valence-corrected chi connectivity index (χ1v) is 9.64. The highest BCUT2D eigenvalue weighted by molar-refractivity contribution is 5.76. The zero-order chi connectivity index (χ0) is 21.1. The van der Waals surface area contributed by atoms with E-state index in [1.807, 2.05) is 51.1 Å². The monoisotopic (exact) mass is 402 g/mol. The summed E-state index contributed by atoms with van der Waals surface area (Å²) in [6.07, 6.45) is 5.08. The Balaban J connectivity index is 1.44. The summed E-state index contributed by atoms with van der Waals surface area (Å²) in [5.74, 6) is 1.33. The first-order valence-electron chi connectivity index (χ1n) is 9.64. The molecule has 1 unspecified atom stereocenters. The second-order valence-corrected chi connectivity index (χ2v) is 7.17. The van der Waals surface area contributed by atoms with E-state index in [0.717, 1.165) is 11.1 Å². The molecule has 30 heavy (non-hydrogen) atoms. The van der Waals surface area contributed by atoms with Gasteiger partial charge in [-0.15, -0.1) is 0 Å². The standard InChI is InChI=1S/C22H22N6O2/c1-14-6-8-17(9-7-14)15(2)24-20(29)13-28-12-19(25-16(28)3)21-26-22(30-27-21)18-5-4-10-23-11-18/h4-12,15H,13H2,1-3H3,(H,24,29). The van der Waals surface area contributed by atoms with Crippen molar-refractivity contribution in [2.75, 3.05) is 0 Å². The minimum atomic E-state index is -0.0979. The molecule has 1 atom stereocenters. The van der Waals surface area contributed by atoms with E-state index in [9.17, 15) is 4.79 Å². The van der Waals surface area contributed by atoms with Gasteiger partial charge in [0.15, 0.2) is 0 Å². The van der Waals surface area contributed by atoms with Crippen LogP contribution in [-0.2, 0) is 11.3 Å². The Morgan fingerprint density at radius 3 is 2.70 bits per heavy atom. The lowest BCUT2D eigenvalue weighted by Gasteiger charge is -2.15. The topological polar surface area (TPSA) is 98.7 Å². The number of imidazole rings is 1. The molecular weight excluding hydrogens is 380 g/mol. The largest absolute Gasteiger partial charge is 0.348 e. The van der Waals surface area contributed by atoms with Gasteiger partial charge in [0.05, 0.1) is 11.6 Å². The van der Waals surface area contributed by atoms with Crippen LogP contribution in [0.15, 0.2) is 59.5 Å². The highest BCUT2D eigenvalue weighted by Crippen LogP contribution is 2.21. The molecule has 0 aliphatic carbocycles. The van der Waals surface area contributed by atoms with Gasteiger partial charge in [-0.05, 0) is 38.5 Å². The molecule has 3 aromatic heterocycles. The van der Waals surface area contributed by atoms with Gasteiger partial charge >= 0.3 is 0 Å². The van der Waals surface area contributed by atoms with Gasteiger partial charge in [0.2, 0.25) is 11.7 Å². The molecule has 0 saturated carbocycles. The summed E-state index contributed by atoms with van der Waals surface area (Å²) < 4.78 is 7.09. The zero-order valence-electron chi connectivity index (χ0n) is 17.0. The molecule has 0 saturated heterocycles. The smallest absolute Gasteiger partial charge is 0.259 e. The van der Waals surface area contributed by atoms with E-state index >= 15 is 0 Å². The molecule has 8 heteroatoms. The Kier molecular flexibility index (Phi) is 5.38. The van der Waals surface area contributed by atoms with Crippen molar-refractivity contribution in [2.45, 2.75) is 33.4 Å². The van der Waals surface area contributed by atoms with Crippen molar-refractivity contribution in [3.05, 3.63) is 71.9 Å². The summed E-state index contributed by atoms with van der Waals surface area (Å²) in [6.45, 7) is 5.99. The highest BCUT2D eigenvalue weighted by Gasteiger charge is 2.16. The molecule has 8 nitrogen and oxygen atoms in total. The van der Waals surface area contributed by atoms with Gasteiger partial charge in [0.1, 0.15) is 18.1 Å². The Morgan fingerprint density at radius 1 is 1.17 bits per heavy atom. The number of carbonyl (C=O) groups excluding carboxylic acids is 1. The number of carbonyl (C=O) groups is 1. The maximum absolute atomic E-state index is 12.5. The maximum Gasteiger partial charge on any atom is 0.259 e. The summed E-state index contributed by atoms with van der Waals surface area (Å²) in [5, 5.41) is 7.02. The molecule has 0 fully saturated rings. The number of nitrogens with one attached hydrogen (secondary N) is 1. The molecular formula is C22H22N6O2. The van der Waals surface area contributed by atoms with Crippen molar-refractivity contribution in [1.82, 2.24) is 30.0 Å². The number of hydrogen-bond donors (Lipinski definition) is 1. The number of aryl methyl sites for hydroxylation is 2. The van der Waals surface area contributed by atoms with Gasteiger partial charge < -0.3 is 14.4 Å². The Labute approximate surface area is 174 Å². The molecule has 1 aromatic carbocycles. The summed E-state index contributed by atoms with van der Waals surface area (Å²) in [5.41, 5.74) is 3.53. The minimum absolute atomic E-state index is 0.0827. The van der Waals surface area contributed by atoms with Gasteiger partial charge in [0.25, 0.3) is 5.89 Å². The molecule has 4 aromatic rings. The Hall–Kier alpha value is -3.81. The van der Waals surface area contributed by atoms with Crippen LogP contribution in [0.3, 0.4) is 0 Å². The molecule has 3 heterocycles. The van der Waals surface area contributed by atoms with E-state index in [-0.39, 0.29) is 18.5 Å². The molecule has 0 bridgehead atoms. The van der Waals surface area contributed by atoms with Crippen LogP contribution in [0.1, 0.15) is 29.9 Å². The second kappa shape index (κ2) is 8.28. The first-order chi connectivity index (χ1) is 14.5. The van der Waals surface area contributed by atoms with Crippen LogP contribution in [0.4, 0.5) is 0 Å². The quantitative estimate of drug-likeness (QED) is 0.530. The predicted molar refractivity (Wildman–Crippen MR) is 111 cm³/mol. The normalized spacial score (nSPS) is 12.0. The highest BCUT2D eigenvalue weighted by atomic mass is 16.5. The average Bonchev–Trinajstić information content (AvgIpc) is 3.36. The van der Waals surface area contributed by atoms with Crippen molar-refractivity contribution in [3.8, 4) is 23.0 Å². The lowest BCUT2D eigenvalue weighted by molar-refractivity contribution is -0.122. The fourth-order valence-corrected chi connectivity index (χ4v) is 3.09. The number of aromatic nitrogens is 5. The fraction of sp³-hybridized carbons (Fsp3) is 0.227. The van der Waals surface area contributed by atoms with Crippen molar-refractivity contribution < 1.29 is 9.32 Å². The summed E-state index contributed by atoms with van der Waals surface area (Å²) >= 11 is 0. The van der Waals surface area contributed by atoms with Gasteiger partial charge in [0, 0.05) is 18.6 Å². The summed E-state index contributed by atoms with van der Waals surface area (Å²) in [7, 11) is 0. The van der Waals surface area contributed by atoms with Gasteiger partial charge in [-0.2, -0.15) is 4.98 Å². The zero-order valence-corrected chi connectivity index (χ0v) is 17.0. The van der Waals surface area contributed by atoms with Gasteiger partial charge in [-0.25, -0.2) is 4.98 Å². The van der Waals surface area contributed by atoms with E-state index in [1.165, 1.54) is 5.56 Å². The molecule has 152 valence electrons. The SMILES string of the molecule is Cc1ccc(C(C)NC(=O)Cn2cc(-c3noc(-c4cccnc4)n3)nc2C)cc1. The van der Waals surface area contributed by atoms with Crippen molar-refractivity contribution in [2.24, 2.45) is 0 Å². The molecule has 1 N–H and O–H groups in total. The van der Waals surface area contributed by atoms with Crippen LogP contribution in [-0.4, -0.2) is 30.6 Å². The third-order valence-electron chi connectivity index (χ3n) is 4.81. The van der Waals surface area contributed by atoms with E-state index in [0.29, 0.717) is 23.2 Å². The third kappa shape index (κ3) is 4.27. The lowest BCUT2D eigenvalue weighted by Crippen LogP contribution is -2.30. The fourth-order valence-electron chi connectivity index (χ4n) is 3.09. The maximum atomic E-state index is 12.5. The Bertz CT molecular complexity index is 1150. The molecule has 0 aliphatic heterocycles. The molecule has 4 rings (SSSR count). The summed E-state index contributed by atoms with van der Waals surface area (Å²) in [6, 6.07) is 11.7. The van der Waals surface area contributed by atoms with Gasteiger partial charge in [-0.3, -0.25) is 9.78 Å². The number of pyridine rings is 1. The van der Waals surface area contributed by atoms with Crippen molar-refractivity contribution in [1.29, 1.82) is 0 Å². The van der Waals surface area contributed by atoms with Gasteiger partial charge in [-0.1, -0.05) is 35.0 Å². The minimum Gasteiger partial charge on any atom is -0.348 e. The molecule has 0 aliphatic rings. The Morgan fingerprint density at radius 2 is 1.97 bits per heavy atom. The first kappa shape index (κ1) is 19.5. The second-order valence-electron chi connectivity index (χ2n) is 7.17. The molecule has 0 radical (unpaired) electrons. The van der Waals surface area contributed by atoms with Crippen molar-refractivity contribution in [3.63, 3.8) is 0 Å². The third-order valence-corrected chi connectivity index (χ3v) is 4.81. The average molecular weight is 402 g/mol. The molecule has 1 amide bonds. The lowest BCUT2D eigenvalue weighted by atomic mass is 10.1. The van der Waals surface area contributed by atoms with Crippen molar-refractivity contribution >= 4 is 5.91 Å². The van der Waals surface area contributed by atoms with E-state index in [4.69, 9.17) is 4.52 Å². The van der Waals surface area contributed by atoms with Crippen LogP contribution in [0.5, 0.6) is 0 Å². The number of rotatable bonds is 6. The van der Waals surface area contributed by atoms with E-state index < -0.39 is 0 Å². The number of benzene rings is 1. The van der Waals surface area contributed by atoms with Crippen LogP contribution in [0.2, 0.25) is 0 Å². The van der Waals surface area contributed by atoms with Crippen LogP contribution >= 0.6 is 0 Å². The molecule has 0 spiro atoms. The summed E-state index contributed by atoms with van der Waals surface area (Å²) in [4.78, 5) is 25.4. The van der Waals surface area contributed by atoms with E-state index in [2.05, 4.69) is 25.4 Å². The number of amides is 1. The van der Waals surface area contributed by atoms with Crippen LogP contribution in [0, 0.1) is 13.8 Å². The number of nitrogens with zero attached hydrogens (tertiary/aromatic N) is 5. The van der Waals surface area contributed by atoms with Crippen LogP contribution in [0.25, 0.3) is 23.0 Å². The predicted octanol–water partition coefficient (Wildman–Crippen LogP) is 3.49.